The molecule has 1 aliphatic heterocycles. The summed E-state index contributed by atoms with van der Waals surface area (Å²) in [5.41, 5.74) is 3.13. The number of aryl methyl sites for hydroxylation is 2. The fraction of sp³-hybridized carbons (Fsp3) is 0.300. The maximum atomic E-state index is 11.1. The number of hydrogen-bond acceptors (Lipinski definition) is 1. The van der Waals surface area contributed by atoms with Crippen LogP contribution in [0.1, 0.15) is 17.5 Å². The van der Waals surface area contributed by atoms with Gasteiger partial charge in [-0.1, -0.05) is 11.6 Å². The molecule has 1 heterocycles. The summed E-state index contributed by atoms with van der Waals surface area (Å²) in [6.45, 7) is 1.95. The van der Waals surface area contributed by atoms with Gasteiger partial charge in [0, 0.05) is 17.1 Å². The molecular weight excluding hydrogens is 186 g/mol. The summed E-state index contributed by atoms with van der Waals surface area (Å²) in [7, 11) is 0. The molecule has 1 aromatic carbocycles. The van der Waals surface area contributed by atoms with E-state index < -0.39 is 0 Å². The first-order chi connectivity index (χ1) is 6.16. The predicted octanol–water partition coefficient (Wildman–Crippen LogP) is 2.53. The van der Waals surface area contributed by atoms with Crippen LogP contribution < -0.4 is 5.32 Å². The molecule has 68 valence electrons. The van der Waals surface area contributed by atoms with Gasteiger partial charge < -0.3 is 5.32 Å². The van der Waals surface area contributed by atoms with E-state index in [1.165, 1.54) is 0 Å². The van der Waals surface area contributed by atoms with Crippen molar-refractivity contribution in [3.8, 4) is 0 Å². The highest BCUT2D eigenvalue weighted by atomic mass is 35.5. The number of anilines is 1. The van der Waals surface area contributed by atoms with Gasteiger partial charge in [0.1, 0.15) is 0 Å². The van der Waals surface area contributed by atoms with Crippen LogP contribution in [-0.4, -0.2) is 5.91 Å². The Labute approximate surface area is 81.9 Å². The van der Waals surface area contributed by atoms with Crippen molar-refractivity contribution in [2.45, 2.75) is 19.8 Å². The zero-order chi connectivity index (χ0) is 9.42. The number of carbonyl (C=O) groups is 1. The van der Waals surface area contributed by atoms with Crippen molar-refractivity contribution in [2.24, 2.45) is 0 Å². The number of rotatable bonds is 0. The van der Waals surface area contributed by atoms with Gasteiger partial charge in [0.2, 0.25) is 5.91 Å². The van der Waals surface area contributed by atoms with Gasteiger partial charge in [0.25, 0.3) is 0 Å². The zero-order valence-electron chi connectivity index (χ0n) is 7.36. The molecule has 0 bridgehead atoms. The molecule has 0 aromatic heterocycles. The van der Waals surface area contributed by atoms with Gasteiger partial charge in [-0.05, 0) is 36.6 Å². The van der Waals surface area contributed by atoms with E-state index in [4.69, 9.17) is 11.6 Å². The van der Waals surface area contributed by atoms with E-state index in [2.05, 4.69) is 5.32 Å². The number of benzene rings is 1. The standard InChI is InChI=1S/C10H10ClNO/c1-6-4-8(11)5-7-2-3-9(13)12-10(6)7/h4-5H,2-3H2,1H3,(H,12,13). The third-order valence-corrected chi connectivity index (χ3v) is 2.49. The van der Waals surface area contributed by atoms with E-state index in [0.29, 0.717) is 6.42 Å². The van der Waals surface area contributed by atoms with E-state index in [9.17, 15) is 4.79 Å². The predicted molar refractivity (Wildman–Crippen MR) is 53.1 cm³/mol. The van der Waals surface area contributed by atoms with Crippen molar-refractivity contribution in [2.75, 3.05) is 5.32 Å². The van der Waals surface area contributed by atoms with Crippen LogP contribution in [0.15, 0.2) is 12.1 Å². The number of fused-ring (bicyclic) bond motifs is 1. The lowest BCUT2D eigenvalue weighted by Gasteiger charge is -2.19. The van der Waals surface area contributed by atoms with E-state index in [1.54, 1.807) is 0 Å². The molecule has 0 spiro atoms. The minimum absolute atomic E-state index is 0.0953. The zero-order valence-corrected chi connectivity index (χ0v) is 8.11. The van der Waals surface area contributed by atoms with E-state index >= 15 is 0 Å². The summed E-state index contributed by atoms with van der Waals surface area (Å²) in [5.74, 6) is 0.0953. The second kappa shape index (κ2) is 3.04. The van der Waals surface area contributed by atoms with Crippen LogP contribution in [0.25, 0.3) is 0 Å². The smallest absolute Gasteiger partial charge is 0.224 e. The first kappa shape index (κ1) is 8.57. The largest absolute Gasteiger partial charge is 0.326 e. The summed E-state index contributed by atoms with van der Waals surface area (Å²) in [6.07, 6.45) is 1.36. The highest BCUT2D eigenvalue weighted by molar-refractivity contribution is 6.30. The Morgan fingerprint density at radius 1 is 1.38 bits per heavy atom. The monoisotopic (exact) mass is 195 g/mol. The molecule has 2 nitrogen and oxygen atoms in total. The fourth-order valence-electron chi connectivity index (χ4n) is 1.64. The molecule has 13 heavy (non-hydrogen) atoms. The molecule has 0 aliphatic carbocycles. The van der Waals surface area contributed by atoms with Crippen molar-refractivity contribution >= 4 is 23.2 Å². The number of amides is 1. The minimum atomic E-state index is 0.0953. The number of nitrogens with one attached hydrogen (secondary N) is 1. The van der Waals surface area contributed by atoms with Gasteiger partial charge in [-0.25, -0.2) is 0 Å². The van der Waals surface area contributed by atoms with Crippen LogP contribution in [0.4, 0.5) is 5.69 Å². The van der Waals surface area contributed by atoms with Gasteiger partial charge >= 0.3 is 0 Å². The molecule has 0 saturated heterocycles. The normalized spacial score (nSPS) is 15.1. The lowest BCUT2D eigenvalue weighted by atomic mass is 10.00. The average Bonchev–Trinajstić information content (AvgIpc) is 2.06. The molecule has 1 aromatic rings. The Morgan fingerprint density at radius 2 is 2.15 bits per heavy atom. The Hall–Kier alpha value is -1.02. The van der Waals surface area contributed by atoms with Gasteiger partial charge in [0.15, 0.2) is 0 Å². The highest BCUT2D eigenvalue weighted by Gasteiger charge is 2.16. The molecule has 1 N–H and O–H groups in total. The van der Waals surface area contributed by atoms with Gasteiger partial charge in [-0.15, -0.1) is 0 Å². The lowest BCUT2D eigenvalue weighted by Crippen LogP contribution is -2.19. The summed E-state index contributed by atoms with van der Waals surface area (Å²) in [6, 6.07) is 3.79. The van der Waals surface area contributed by atoms with Crippen LogP contribution in [0.2, 0.25) is 5.02 Å². The molecule has 0 unspecified atom stereocenters. The summed E-state index contributed by atoms with van der Waals surface area (Å²) in [4.78, 5) is 11.1. The Kier molecular flexibility index (Phi) is 2.00. The molecule has 0 atom stereocenters. The van der Waals surface area contributed by atoms with Crippen LogP contribution in [-0.2, 0) is 11.2 Å². The van der Waals surface area contributed by atoms with Gasteiger partial charge in [-0.3, -0.25) is 4.79 Å². The van der Waals surface area contributed by atoms with Crippen LogP contribution in [0.5, 0.6) is 0 Å². The maximum Gasteiger partial charge on any atom is 0.224 e. The summed E-state index contributed by atoms with van der Waals surface area (Å²) < 4.78 is 0. The van der Waals surface area contributed by atoms with Crippen molar-refractivity contribution in [1.29, 1.82) is 0 Å². The highest BCUT2D eigenvalue weighted by Crippen LogP contribution is 2.29. The van der Waals surface area contributed by atoms with Crippen LogP contribution >= 0.6 is 11.6 Å². The molecule has 3 heteroatoms. The second-order valence-corrected chi connectivity index (χ2v) is 3.74. The molecular formula is C10H10ClNO. The van der Waals surface area contributed by atoms with Crippen molar-refractivity contribution < 1.29 is 4.79 Å². The van der Waals surface area contributed by atoms with Crippen molar-refractivity contribution in [3.05, 3.63) is 28.3 Å². The molecule has 1 aliphatic rings. The first-order valence-corrected chi connectivity index (χ1v) is 4.63. The quantitative estimate of drug-likeness (QED) is 0.677. The number of halogens is 1. The van der Waals surface area contributed by atoms with Crippen molar-refractivity contribution in [1.82, 2.24) is 0 Å². The molecule has 0 fully saturated rings. The number of carbonyl (C=O) groups excluding carboxylic acids is 1. The van der Waals surface area contributed by atoms with E-state index in [0.717, 1.165) is 28.3 Å². The van der Waals surface area contributed by atoms with E-state index in [1.807, 2.05) is 19.1 Å². The Balaban J connectivity index is 2.53. The van der Waals surface area contributed by atoms with Gasteiger partial charge in [-0.2, -0.15) is 0 Å². The minimum Gasteiger partial charge on any atom is -0.326 e. The van der Waals surface area contributed by atoms with Gasteiger partial charge in [0.05, 0.1) is 0 Å². The molecule has 0 saturated carbocycles. The second-order valence-electron chi connectivity index (χ2n) is 3.30. The van der Waals surface area contributed by atoms with Crippen molar-refractivity contribution in [3.63, 3.8) is 0 Å². The summed E-state index contributed by atoms with van der Waals surface area (Å²) >= 11 is 5.91. The maximum absolute atomic E-state index is 11.1. The first-order valence-electron chi connectivity index (χ1n) is 4.25. The lowest BCUT2D eigenvalue weighted by molar-refractivity contribution is -0.116. The molecule has 2 rings (SSSR count). The fourth-order valence-corrected chi connectivity index (χ4v) is 1.93. The summed E-state index contributed by atoms with van der Waals surface area (Å²) in [5, 5.41) is 3.60. The SMILES string of the molecule is Cc1cc(Cl)cc2c1NC(=O)CC2. The third-order valence-electron chi connectivity index (χ3n) is 2.27. The Bertz CT molecular complexity index is 373. The third kappa shape index (κ3) is 1.54. The van der Waals surface area contributed by atoms with Crippen LogP contribution in [0.3, 0.4) is 0 Å². The average molecular weight is 196 g/mol. The molecule has 1 amide bonds. The Morgan fingerprint density at radius 3 is 2.92 bits per heavy atom. The van der Waals surface area contributed by atoms with Crippen LogP contribution in [0, 0.1) is 6.92 Å². The molecule has 0 radical (unpaired) electrons. The number of hydrogen-bond donors (Lipinski definition) is 1. The van der Waals surface area contributed by atoms with E-state index in [-0.39, 0.29) is 5.91 Å². The topological polar surface area (TPSA) is 29.1 Å².